The SMILES string of the molecule is O=Cc1cccc(Cc2ccc(OCc3ccccc3)cc2)c1. The van der Waals surface area contributed by atoms with Gasteiger partial charge in [0, 0.05) is 5.56 Å². The molecule has 3 aromatic carbocycles. The molecule has 0 aliphatic carbocycles. The fourth-order valence-electron chi connectivity index (χ4n) is 2.46. The molecule has 0 heterocycles. The number of rotatable bonds is 6. The van der Waals surface area contributed by atoms with Gasteiger partial charge in [0.25, 0.3) is 0 Å². The summed E-state index contributed by atoms with van der Waals surface area (Å²) in [6.07, 6.45) is 1.69. The zero-order chi connectivity index (χ0) is 15.9. The van der Waals surface area contributed by atoms with Gasteiger partial charge in [0.05, 0.1) is 0 Å². The van der Waals surface area contributed by atoms with Crippen molar-refractivity contribution in [3.8, 4) is 5.75 Å². The Kier molecular flexibility index (Phi) is 4.85. The summed E-state index contributed by atoms with van der Waals surface area (Å²) >= 11 is 0. The van der Waals surface area contributed by atoms with Crippen LogP contribution in [0.2, 0.25) is 0 Å². The molecule has 0 fully saturated rings. The van der Waals surface area contributed by atoms with E-state index in [2.05, 4.69) is 12.1 Å². The van der Waals surface area contributed by atoms with Gasteiger partial charge in [-0.25, -0.2) is 0 Å². The Balaban J connectivity index is 1.61. The van der Waals surface area contributed by atoms with E-state index >= 15 is 0 Å². The number of hydrogen-bond donors (Lipinski definition) is 0. The second-order valence-corrected chi connectivity index (χ2v) is 5.46. The van der Waals surface area contributed by atoms with Crippen LogP contribution in [0, 0.1) is 0 Å². The zero-order valence-corrected chi connectivity index (χ0v) is 12.8. The van der Waals surface area contributed by atoms with Gasteiger partial charge in [0.15, 0.2) is 0 Å². The Hall–Kier alpha value is -2.87. The first-order chi connectivity index (χ1) is 11.3. The number of hydrogen-bond acceptors (Lipinski definition) is 2. The lowest BCUT2D eigenvalue weighted by Crippen LogP contribution is -1.95. The average molecular weight is 302 g/mol. The van der Waals surface area contributed by atoms with Crippen molar-refractivity contribution in [2.75, 3.05) is 0 Å². The molecule has 0 atom stereocenters. The van der Waals surface area contributed by atoms with Crippen LogP contribution in [0.5, 0.6) is 5.75 Å². The largest absolute Gasteiger partial charge is 0.489 e. The van der Waals surface area contributed by atoms with Crippen LogP contribution in [0.25, 0.3) is 0 Å². The molecule has 0 radical (unpaired) electrons. The Morgan fingerprint density at radius 2 is 1.48 bits per heavy atom. The average Bonchev–Trinajstić information content (AvgIpc) is 2.62. The number of ether oxygens (including phenoxy) is 1. The van der Waals surface area contributed by atoms with Gasteiger partial charge >= 0.3 is 0 Å². The third kappa shape index (κ3) is 4.30. The van der Waals surface area contributed by atoms with Gasteiger partial charge in [-0.1, -0.05) is 60.7 Å². The standard InChI is InChI=1S/C21H18O2/c22-15-20-8-4-7-19(14-20)13-17-9-11-21(12-10-17)23-16-18-5-2-1-3-6-18/h1-12,14-15H,13,16H2. The molecule has 0 aliphatic heterocycles. The van der Waals surface area contributed by atoms with Gasteiger partial charge in [-0.2, -0.15) is 0 Å². The van der Waals surface area contributed by atoms with Crippen LogP contribution < -0.4 is 4.74 Å². The van der Waals surface area contributed by atoms with Crippen LogP contribution in [0.3, 0.4) is 0 Å². The summed E-state index contributed by atoms with van der Waals surface area (Å²) in [6, 6.07) is 25.9. The van der Waals surface area contributed by atoms with Crippen LogP contribution in [-0.2, 0) is 13.0 Å². The molecule has 0 bridgehead atoms. The van der Waals surface area contributed by atoms with Crippen LogP contribution in [-0.4, -0.2) is 6.29 Å². The minimum absolute atomic E-state index is 0.571. The third-order valence-corrected chi connectivity index (χ3v) is 3.67. The first-order valence-corrected chi connectivity index (χ1v) is 7.63. The van der Waals surface area contributed by atoms with Gasteiger partial charge < -0.3 is 4.74 Å². The molecular formula is C21H18O2. The van der Waals surface area contributed by atoms with Crippen molar-refractivity contribution in [3.05, 3.63) is 101 Å². The topological polar surface area (TPSA) is 26.3 Å². The highest BCUT2D eigenvalue weighted by Crippen LogP contribution is 2.17. The molecule has 0 aliphatic rings. The Morgan fingerprint density at radius 1 is 0.739 bits per heavy atom. The molecule has 0 saturated heterocycles. The van der Waals surface area contributed by atoms with E-state index in [0.29, 0.717) is 12.2 Å². The molecule has 0 aromatic heterocycles. The highest BCUT2D eigenvalue weighted by atomic mass is 16.5. The van der Waals surface area contributed by atoms with Crippen LogP contribution in [0.15, 0.2) is 78.9 Å². The van der Waals surface area contributed by atoms with Gasteiger partial charge in [-0.05, 0) is 41.3 Å². The van der Waals surface area contributed by atoms with Crippen molar-refractivity contribution >= 4 is 6.29 Å². The Labute approximate surface area is 136 Å². The summed E-state index contributed by atoms with van der Waals surface area (Å²) in [7, 11) is 0. The first kappa shape index (κ1) is 15.0. The highest BCUT2D eigenvalue weighted by molar-refractivity contribution is 5.74. The van der Waals surface area contributed by atoms with E-state index in [0.717, 1.165) is 29.6 Å². The quantitative estimate of drug-likeness (QED) is 0.619. The molecule has 2 heteroatoms. The smallest absolute Gasteiger partial charge is 0.150 e. The predicted octanol–water partition coefficient (Wildman–Crippen LogP) is 4.67. The summed E-state index contributed by atoms with van der Waals surface area (Å²) in [5.41, 5.74) is 4.19. The lowest BCUT2D eigenvalue weighted by Gasteiger charge is -2.08. The molecule has 114 valence electrons. The maximum absolute atomic E-state index is 10.8. The minimum atomic E-state index is 0.571. The summed E-state index contributed by atoms with van der Waals surface area (Å²) in [5.74, 6) is 0.860. The number of aldehydes is 1. The van der Waals surface area contributed by atoms with Crippen LogP contribution in [0.4, 0.5) is 0 Å². The summed E-state index contributed by atoms with van der Waals surface area (Å²) < 4.78 is 5.79. The molecule has 3 aromatic rings. The Morgan fingerprint density at radius 3 is 2.22 bits per heavy atom. The van der Waals surface area contributed by atoms with E-state index in [1.165, 1.54) is 5.56 Å². The summed E-state index contributed by atoms with van der Waals surface area (Å²) in [4.78, 5) is 10.8. The van der Waals surface area contributed by atoms with E-state index < -0.39 is 0 Å². The van der Waals surface area contributed by atoms with E-state index in [-0.39, 0.29) is 0 Å². The predicted molar refractivity (Wildman–Crippen MR) is 91.9 cm³/mol. The normalized spacial score (nSPS) is 10.3. The fourth-order valence-corrected chi connectivity index (χ4v) is 2.46. The minimum Gasteiger partial charge on any atom is -0.489 e. The van der Waals surface area contributed by atoms with E-state index in [1.54, 1.807) is 0 Å². The van der Waals surface area contributed by atoms with Crippen molar-refractivity contribution in [1.82, 2.24) is 0 Å². The van der Waals surface area contributed by atoms with Crippen LogP contribution in [0.1, 0.15) is 27.0 Å². The van der Waals surface area contributed by atoms with E-state index in [1.807, 2.05) is 66.7 Å². The highest BCUT2D eigenvalue weighted by Gasteiger charge is 2.00. The van der Waals surface area contributed by atoms with Gasteiger partial charge in [0.1, 0.15) is 18.6 Å². The van der Waals surface area contributed by atoms with Gasteiger partial charge in [-0.3, -0.25) is 4.79 Å². The van der Waals surface area contributed by atoms with Crippen molar-refractivity contribution in [2.24, 2.45) is 0 Å². The lowest BCUT2D eigenvalue weighted by molar-refractivity contribution is 0.112. The molecule has 0 N–H and O–H groups in total. The molecular weight excluding hydrogens is 284 g/mol. The first-order valence-electron chi connectivity index (χ1n) is 7.63. The van der Waals surface area contributed by atoms with Crippen molar-refractivity contribution < 1.29 is 9.53 Å². The van der Waals surface area contributed by atoms with Crippen LogP contribution >= 0.6 is 0 Å². The molecule has 0 amide bonds. The molecule has 0 spiro atoms. The molecule has 0 unspecified atom stereocenters. The number of carbonyl (C=O) groups excluding carboxylic acids is 1. The van der Waals surface area contributed by atoms with Gasteiger partial charge in [0.2, 0.25) is 0 Å². The fraction of sp³-hybridized carbons (Fsp3) is 0.0952. The Bertz CT molecular complexity index is 761. The summed E-state index contributed by atoms with van der Waals surface area (Å²) in [6.45, 7) is 0.571. The second kappa shape index (κ2) is 7.41. The maximum Gasteiger partial charge on any atom is 0.150 e. The molecule has 23 heavy (non-hydrogen) atoms. The number of carbonyl (C=O) groups is 1. The zero-order valence-electron chi connectivity index (χ0n) is 12.8. The molecule has 2 nitrogen and oxygen atoms in total. The second-order valence-electron chi connectivity index (χ2n) is 5.46. The van der Waals surface area contributed by atoms with E-state index in [4.69, 9.17) is 4.74 Å². The van der Waals surface area contributed by atoms with Crippen molar-refractivity contribution in [2.45, 2.75) is 13.0 Å². The lowest BCUT2D eigenvalue weighted by atomic mass is 10.0. The number of benzene rings is 3. The monoisotopic (exact) mass is 302 g/mol. The third-order valence-electron chi connectivity index (χ3n) is 3.67. The molecule has 0 saturated carbocycles. The maximum atomic E-state index is 10.8. The van der Waals surface area contributed by atoms with E-state index in [9.17, 15) is 4.79 Å². The summed E-state index contributed by atoms with van der Waals surface area (Å²) in [5, 5.41) is 0. The van der Waals surface area contributed by atoms with Crippen molar-refractivity contribution in [3.63, 3.8) is 0 Å². The van der Waals surface area contributed by atoms with Gasteiger partial charge in [-0.15, -0.1) is 0 Å². The molecule has 3 rings (SSSR count). The van der Waals surface area contributed by atoms with Crippen molar-refractivity contribution in [1.29, 1.82) is 0 Å².